The molecule has 2 N–H and O–H groups in total. The smallest absolute Gasteiger partial charge is 0.0611 e. The van der Waals surface area contributed by atoms with Gasteiger partial charge >= 0.3 is 0 Å². The zero-order valence-electron chi connectivity index (χ0n) is 13.0. The molecule has 3 heteroatoms. The highest BCUT2D eigenvalue weighted by molar-refractivity contribution is 4.94. The number of piperidine rings is 1. The standard InChI is InChI=1S/C16H32N2O/c1-4-17-16(3,12-19)11-13(2)18-10-6-8-14-7-5-9-15(14)18/h13-15,17,19H,4-12H2,1-3H3. The zero-order chi connectivity index (χ0) is 13.9. The topological polar surface area (TPSA) is 35.5 Å². The molecule has 0 amide bonds. The Morgan fingerprint density at radius 3 is 2.74 bits per heavy atom. The number of hydrogen-bond acceptors (Lipinski definition) is 3. The van der Waals surface area contributed by atoms with Gasteiger partial charge in [0.05, 0.1) is 6.61 Å². The minimum atomic E-state index is -0.125. The average molecular weight is 268 g/mol. The highest BCUT2D eigenvalue weighted by Gasteiger charge is 2.38. The molecule has 1 heterocycles. The molecule has 1 saturated carbocycles. The fourth-order valence-corrected chi connectivity index (χ4v) is 4.43. The third kappa shape index (κ3) is 3.50. The molecule has 0 aromatic rings. The van der Waals surface area contributed by atoms with Crippen LogP contribution in [0.4, 0.5) is 0 Å². The number of nitrogens with one attached hydrogen (secondary N) is 1. The summed E-state index contributed by atoms with van der Waals surface area (Å²) in [6, 6.07) is 1.40. The van der Waals surface area contributed by atoms with E-state index in [1.54, 1.807) is 0 Å². The van der Waals surface area contributed by atoms with E-state index >= 15 is 0 Å². The molecule has 2 aliphatic rings. The molecule has 0 aromatic carbocycles. The van der Waals surface area contributed by atoms with Gasteiger partial charge in [0.25, 0.3) is 0 Å². The van der Waals surface area contributed by atoms with Crippen LogP contribution in [0.15, 0.2) is 0 Å². The van der Waals surface area contributed by atoms with Crippen LogP contribution in [0, 0.1) is 5.92 Å². The Balaban J connectivity index is 1.96. The SMILES string of the molecule is CCNC(C)(CO)CC(C)N1CCCC2CCCC21. The second kappa shape index (κ2) is 6.55. The Morgan fingerprint density at radius 2 is 2.05 bits per heavy atom. The Labute approximate surface area is 118 Å². The minimum Gasteiger partial charge on any atom is -0.394 e. The predicted octanol–water partition coefficient (Wildman–Crippen LogP) is 2.39. The second-order valence-corrected chi connectivity index (χ2v) is 6.94. The quantitative estimate of drug-likeness (QED) is 0.776. The molecule has 19 heavy (non-hydrogen) atoms. The van der Waals surface area contributed by atoms with Crippen molar-refractivity contribution in [3.05, 3.63) is 0 Å². The van der Waals surface area contributed by atoms with Crippen LogP contribution in [0.1, 0.15) is 59.3 Å². The number of likely N-dealkylation sites (N-methyl/N-ethyl adjacent to an activating group) is 1. The monoisotopic (exact) mass is 268 g/mol. The van der Waals surface area contributed by atoms with Gasteiger partial charge in [-0.2, -0.15) is 0 Å². The van der Waals surface area contributed by atoms with Crippen LogP contribution in [-0.4, -0.2) is 47.3 Å². The third-order valence-electron chi connectivity index (χ3n) is 5.30. The molecule has 1 saturated heterocycles. The normalized spacial score (nSPS) is 32.8. The summed E-state index contributed by atoms with van der Waals surface area (Å²) in [5.74, 6) is 0.954. The van der Waals surface area contributed by atoms with Crippen molar-refractivity contribution in [3.63, 3.8) is 0 Å². The first-order valence-electron chi connectivity index (χ1n) is 8.21. The summed E-state index contributed by atoms with van der Waals surface area (Å²) in [5.41, 5.74) is -0.125. The van der Waals surface area contributed by atoms with Crippen molar-refractivity contribution in [3.8, 4) is 0 Å². The van der Waals surface area contributed by atoms with Gasteiger partial charge in [0, 0.05) is 17.6 Å². The van der Waals surface area contributed by atoms with E-state index in [1.807, 2.05) is 0 Å². The van der Waals surface area contributed by atoms with Crippen LogP contribution in [0.3, 0.4) is 0 Å². The van der Waals surface area contributed by atoms with Crippen LogP contribution in [0.2, 0.25) is 0 Å². The molecular weight excluding hydrogens is 236 g/mol. The highest BCUT2D eigenvalue weighted by Crippen LogP contribution is 2.38. The van der Waals surface area contributed by atoms with E-state index in [4.69, 9.17) is 0 Å². The van der Waals surface area contributed by atoms with Gasteiger partial charge in [0.2, 0.25) is 0 Å². The summed E-state index contributed by atoms with van der Waals surface area (Å²) in [7, 11) is 0. The van der Waals surface area contributed by atoms with Gasteiger partial charge in [-0.15, -0.1) is 0 Å². The molecule has 2 rings (SSSR count). The summed E-state index contributed by atoms with van der Waals surface area (Å²) in [6.45, 7) is 9.04. The van der Waals surface area contributed by atoms with E-state index in [0.29, 0.717) is 6.04 Å². The van der Waals surface area contributed by atoms with Crippen molar-refractivity contribution in [1.29, 1.82) is 0 Å². The summed E-state index contributed by atoms with van der Waals surface area (Å²) in [6.07, 6.45) is 8.11. The maximum Gasteiger partial charge on any atom is 0.0611 e. The number of fused-ring (bicyclic) bond motifs is 1. The Bertz CT molecular complexity index is 284. The van der Waals surface area contributed by atoms with Crippen LogP contribution in [0.25, 0.3) is 0 Å². The van der Waals surface area contributed by atoms with Gasteiger partial charge in [-0.1, -0.05) is 13.3 Å². The highest BCUT2D eigenvalue weighted by atomic mass is 16.3. The van der Waals surface area contributed by atoms with Crippen LogP contribution < -0.4 is 5.32 Å². The van der Waals surface area contributed by atoms with Crippen molar-refractivity contribution >= 4 is 0 Å². The van der Waals surface area contributed by atoms with Crippen molar-refractivity contribution in [2.75, 3.05) is 19.7 Å². The molecule has 0 bridgehead atoms. The number of aliphatic hydroxyl groups is 1. The Hall–Kier alpha value is -0.120. The summed E-state index contributed by atoms with van der Waals surface area (Å²) in [5, 5.41) is 13.1. The lowest BCUT2D eigenvalue weighted by Gasteiger charge is -2.44. The van der Waals surface area contributed by atoms with Crippen LogP contribution >= 0.6 is 0 Å². The zero-order valence-corrected chi connectivity index (χ0v) is 13.0. The molecule has 1 aliphatic heterocycles. The first-order valence-corrected chi connectivity index (χ1v) is 8.21. The lowest BCUT2D eigenvalue weighted by Crippen LogP contribution is -2.54. The lowest BCUT2D eigenvalue weighted by molar-refractivity contribution is 0.0472. The average Bonchev–Trinajstić information content (AvgIpc) is 2.86. The second-order valence-electron chi connectivity index (χ2n) is 6.94. The van der Waals surface area contributed by atoms with E-state index in [-0.39, 0.29) is 12.1 Å². The van der Waals surface area contributed by atoms with Crippen molar-refractivity contribution in [1.82, 2.24) is 10.2 Å². The summed E-state index contributed by atoms with van der Waals surface area (Å²) >= 11 is 0. The van der Waals surface area contributed by atoms with Gasteiger partial charge in [-0.05, 0) is 65.0 Å². The molecule has 1 aliphatic carbocycles. The van der Waals surface area contributed by atoms with E-state index < -0.39 is 0 Å². The van der Waals surface area contributed by atoms with Gasteiger partial charge in [0.15, 0.2) is 0 Å². The largest absolute Gasteiger partial charge is 0.394 e. The van der Waals surface area contributed by atoms with Gasteiger partial charge in [-0.25, -0.2) is 0 Å². The maximum atomic E-state index is 9.67. The van der Waals surface area contributed by atoms with Gasteiger partial charge in [-0.3, -0.25) is 4.90 Å². The van der Waals surface area contributed by atoms with E-state index in [2.05, 4.69) is 31.0 Å². The molecule has 3 nitrogen and oxygen atoms in total. The molecule has 0 aromatic heterocycles. The number of likely N-dealkylation sites (tertiary alicyclic amines) is 1. The van der Waals surface area contributed by atoms with Crippen molar-refractivity contribution in [2.24, 2.45) is 5.92 Å². The van der Waals surface area contributed by atoms with E-state index in [1.165, 1.54) is 38.6 Å². The molecular formula is C16H32N2O. The number of aliphatic hydroxyl groups excluding tert-OH is 1. The van der Waals surface area contributed by atoms with E-state index in [0.717, 1.165) is 24.9 Å². The molecule has 0 spiro atoms. The lowest BCUT2D eigenvalue weighted by atomic mass is 9.87. The third-order valence-corrected chi connectivity index (χ3v) is 5.30. The van der Waals surface area contributed by atoms with Gasteiger partial charge in [0.1, 0.15) is 0 Å². The maximum absolute atomic E-state index is 9.67. The molecule has 112 valence electrons. The minimum absolute atomic E-state index is 0.125. The van der Waals surface area contributed by atoms with Crippen LogP contribution in [0.5, 0.6) is 0 Å². The van der Waals surface area contributed by atoms with E-state index in [9.17, 15) is 5.11 Å². The number of hydrogen-bond donors (Lipinski definition) is 2. The fourth-order valence-electron chi connectivity index (χ4n) is 4.43. The predicted molar refractivity (Wildman–Crippen MR) is 80.3 cm³/mol. The Kier molecular flexibility index (Phi) is 5.27. The molecule has 2 fully saturated rings. The van der Waals surface area contributed by atoms with Crippen molar-refractivity contribution in [2.45, 2.75) is 76.9 Å². The Morgan fingerprint density at radius 1 is 1.32 bits per heavy atom. The fraction of sp³-hybridized carbons (Fsp3) is 1.00. The molecule has 4 unspecified atom stereocenters. The molecule has 0 radical (unpaired) electrons. The van der Waals surface area contributed by atoms with Crippen molar-refractivity contribution < 1.29 is 5.11 Å². The van der Waals surface area contributed by atoms with Crippen LogP contribution in [-0.2, 0) is 0 Å². The van der Waals surface area contributed by atoms with Gasteiger partial charge < -0.3 is 10.4 Å². The first-order chi connectivity index (χ1) is 9.09. The number of rotatable bonds is 6. The summed E-state index contributed by atoms with van der Waals surface area (Å²) in [4.78, 5) is 2.74. The first kappa shape index (κ1) is 15.3. The molecule has 4 atom stereocenters. The summed E-state index contributed by atoms with van der Waals surface area (Å²) < 4.78 is 0. The number of nitrogens with zero attached hydrogens (tertiary/aromatic N) is 1.